The van der Waals surface area contributed by atoms with E-state index in [0.717, 1.165) is 24.3 Å². The third kappa shape index (κ3) is 4.21. The van der Waals surface area contributed by atoms with Crippen molar-refractivity contribution < 1.29 is 23.5 Å². The number of hydrogen-bond donors (Lipinski definition) is 0. The van der Waals surface area contributed by atoms with Crippen molar-refractivity contribution in [3.63, 3.8) is 0 Å². The Morgan fingerprint density at radius 3 is 2.64 bits per heavy atom. The van der Waals surface area contributed by atoms with Gasteiger partial charge < -0.3 is 18.8 Å². The molecule has 1 fully saturated rings. The van der Waals surface area contributed by atoms with Crippen molar-refractivity contribution in [3.05, 3.63) is 48.4 Å². The van der Waals surface area contributed by atoms with Gasteiger partial charge in [0.1, 0.15) is 11.5 Å². The van der Waals surface area contributed by atoms with Crippen LogP contribution in [0.1, 0.15) is 23.4 Å². The summed E-state index contributed by atoms with van der Waals surface area (Å²) in [5.41, 5.74) is 0. The van der Waals surface area contributed by atoms with Crippen LogP contribution in [0.25, 0.3) is 0 Å². The van der Waals surface area contributed by atoms with Gasteiger partial charge in [-0.25, -0.2) is 0 Å². The molecule has 1 aliphatic heterocycles. The lowest BCUT2D eigenvalue weighted by atomic mass is 9.98. The van der Waals surface area contributed by atoms with Crippen LogP contribution in [0.3, 0.4) is 0 Å². The predicted molar refractivity (Wildman–Crippen MR) is 90.8 cm³/mol. The zero-order valence-corrected chi connectivity index (χ0v) is 14.1. The quantitative estimate of drug-likeness (QED) is 0.596. The molecule has 0 bridgehead atoms. The molecule has 1 aromatic carbocycles. The van der Waals surface area contributed by atoms with E-state index in [1.54, 1.807) is 18.1 Å². The Labute approximate surface area is 146 Å². The molecule has 0 aliphatic carbocycles. The largest absolute Gasteiger partial charge is 0.497 e. The average molecular weight is 343 g/mol. The first kappa shape index (κ1) is 17.1. The number of likely N-dealkylation sites (tertiary alicyclic amines) is 1. The SMILES string of the molecule is COc1ccc(OC[C@@H]2CCCN(C(=O)C(=O)c3ccco3)C2)cc1. The van der Waals surface area contributed by atoms with E-state index in [1.165, 1.54) is 12.3 Å². The van der Waals surface area contributed by atoms with Gasteiger partial charge in [0.25, 0.3) is 11.7 Å². The molecule has 1 saturated heterocycles. The number of rotatable bonds is 6. The number of furan rings is 1. The van der Waals surface area contributed by atoms with Crippen LogP contribution in [0.5, 0.6) is 11.5 Å². The maximum absolute atomic E-state index is 12.3. The van der Waals surface area contributed by atoms with Crippen molar-refractivity contribution in [2.45, 2.75) is 12.8 Å². The fourth-order valence-electron chi connectivity index (χ4n) is 2.93. The van der Waals surface area contributed by atoms with Gasteiger partial charge in [0.15, 0.2) is 5.76 Å². The lowest BCUT2D eigenvalue weighted by Gasteiger charge is -2.32. The summed E-state index contributed by atoms with van der Waals surface area (Å²) >= 11 is 0. The number of benzene rings is 1. The Morgan fingerprint density at radius 2 is 1.96 bits per heavy atom. The van der Waals surface area contributed by atoms with E-state index in [2.05, 4.69) is 0 Å². The molecule has 6 nitrogen and oxygen atoms in total. The molecule has 3 rings (SSSR count). The molecule has 132 valence electrons. The van der Waals surface area contributed by atoms with Crippen molar-refractivity contribution in [2.75, 3.05) is 26.8 Å². The van der Waals surface area contributed by atoms with Gasteiger partial charge in [-0.1, -0.05) is 0 Å². The van der Waals surface area contributed by atoms with Crippen LogP contribution in [0, 0.1) is 5.92 Å². The molecule has 1 atom stereocenters. The molecule has 0 spiro atoms. The third-order valence-corrected chi connectivity index (χ3v) is 4.29. The number of ether oxygens (including phenoxy) is 2. The second-order valence-corrected chi connectivity index (χ2v) is 6.05. The topological polar surface area (TPSA) is 69.0 Å². The molecule has 2 aromatic rings. The van der Waals surface area contributed by atoms with E-state index < -0.39 is 11.7 Å². The van der Waals surface area contributed by atoms with Gasteiger partial charge in [-0.15, -0.1) is 0 Å². The van der Waals surface area contributed by atoms with Crippen molar-refractivity contribution in [1.82, 2.24) is 4.90 Å². The smallest absolute Gasteiger partial charge is 0.298 e. The summed E-state index contributed by atoms with van der Waals surface area (Å²) in [6, 6.07) is 10.5. The molecule has 6 heteroatoms. The Kier molecular flexibility index (Phi) is 5.38. The molecule has 1 aromatic heterocycles. The molecule has 25 heavy (non-hydrogen) atoms. The molecular formula is C19H21NO5. The first-order valence-corrected chi connectivity index (χ1v) is 8.31. The number of carbonyl (C=O) groups excluding carboxylic acids is 2. The molecule has 0 saturated carbocycles. The van der Waals surface area contributed by atoms with E-state index in [4.69, 9.17) is 13.9 Å². The maximum Gasteiger partial charge on any atom is 0.298 e. The van der Waals surface area contributed by atoms with Gasteiger partial charge >= 0.3 is 0 Å². The van der Waals surface area contributed by atoms with Crippen LogP contribution in [-0.2, 0) is 4.79 Å². The Balaban J connectivity index is 1.53. The van der Waals surface area contributed by atoms with Crippen molar-refractivity contribution in [1.29, 1.82) is 0 Å². The summed E-state index contributed by atoms with van der Waals surface area (Å²) in [5, 5.41) is 0. The zero-order chi connectivity index (χ0) is 17.6. The van der Waals surface area contributed by atoms with Crippen LogP contribution >= 0.6 is 0 Å². The van der Waals surface area contributed by atoms with Crippen LogP contribution in [0.2, 0.25) is 0 Å². The molecule has 2 heterocycles. The van der Waals surface area contributed by atoms with Gasteiger partial charge in [-0.05, 0) is 49.2 Å². The number of Topliss-reactive ketones (excluding diaryl/α,β-unsaturated/α-hetero) is 1. The fraction of sp³-hybridized carbons (Fsp3) is 0.368. The molecule has 0 radical (unpaired) electrons. The van der Waals surface area contributed by atoms with Crippen LogP contribution in [-0.4, -0.2) is 43.4 Å². The van der Waals surface area contributed by atoms with Crippen LogP contribution < -0.4 is 9.47 Å². The van der Waals surface area contributed by atoms with E-state index in [1.807, 2.05) is 24.3 Å². The number of carbonyl (C=O) groups is 2. The minimum atomic E-state index is -0.596. The minimum Gasteiger partial charge on any atom is -0.497 e. The van der Waals surface area contributed by atoms with Crippen LogP contribution in [0.15, 0.2) is 47.1 Å². The third-order valence-electron chi connectivity index (χ3n) is 4.29. The highest BCUT2D eigenvalue weighted by molar-refractivity contribution is 6.41. The number of methoxy groups -OCH3 is 1. The Morgan fingerprint density at radius 1 is 1.20 bits per heavy atom. The van der Waals surface area contributed by atoms with Crippen molar-refractivity contribution in [2.24, 2.45) is 5.92 Å². The summed E-state index contributed by atoms with van der Waals surface area (Å²) < 4.78 is 16.0. The summed E-state index contributed by atoms with van der Waals surface area (Å²) in [7, 11) is 1.62. The Hall–Kier alpha value is -2.76. The summed E-state index contributed by atoms with van der Waals surface area (Å²) in [6.45, 7) is 1.61. The predicted octanol–water partition coefficient (Wildman–Crippen LogP) is 2.79. The molecule has 1 aliphatic rings. The Bertz CT molecular complexity index is 708. The average Bonchev–Trinajstić information content (AvgIpc) is 3.20. The number of ketones is 1. The molecule has 0 N–H and O–H groups in total. The lowest BCUT2D eigenvalue weighted by molar-refractivity contribution is -0.128. The van der Waals surface area contributed by atoms with E-state index in [9.17, 15) is 9.59 Å². The van der Waals surface area contributed by atoms with E-state index >= 15 is 0 Å². The lowest BCUT2D eigenvalue weighted by Crippen LogP contribution is -2.44. The number of amides is 1. The van der Waals surface area contributed by atoms with Gasteiger partial charge in [0.2, 0.25) is 0 Å². The van der Waals surface area contributed by atoms with Gasteiger partial charge in [-0.2, -0.15) is 0 Å². The van der Waals surface area contributed by atoms with Gasteiger partial charge in [-0.3, -0.25) is 9.59 Å². The number of hydrogen-bond acceptors (Lipinski definition) is 5. The minimum absolute atomic E-state index is 0.0848. The second-order valence-electron chi connectivity index (χ2n) is 6.05. The first-order valence-electron chi connectivity index (χ1n) is 8.31. The number of piperidine rings is 1. The van der Waals surface area contributed by atoms with Gasteiger partial charge in [0, 0.05) is 19.0 Å². The van der Waals surface area contributed by atoms with Crippen molar-refractivity contribution >= 4 is 11.7 Å². The first-order chi connectivity index (χ1) is 12.2. The highest BCUT2D eigenvalue weighted by Gasteiger charge is 2.30. The molecular weight excluding hydrogens is 322 g/mol. The van der Waals surface area contributed by atoms with Gasteiger partial charge in [0.05, 0.1) is 20.0 Å². The second kappa shape index (κ2) is 7.88. The van der Waals surface area contributed by atoms with E-state index in [-0.39, 0.29) is 11.7 Å². The summed E-state index contributed by atoms with van der Waals surface area (Å²) in [4.78, 5) is 26.1. The number of nitrogens with zero attached hydrogens (tertiary/aromatic N) is 1. The highest BCUT2D eigenvalue weighted by Crippen LogP contribution is 2.21. The highest BCUT2D eigenvalue weighted by atomic mass is 16.5. The summed E-state index contributed by atoms with van der Waals surface area (Å²) in [6.07, 6.45) is 3.21. The zero-order valence-electron chi connectivity index (χ0n) is 14.1. The molecule has 1 amide bonds. The van der Waals surface area contributed by atoms with Crippen LogP contribution in [0.4, 0.5) is 0 Å². The standard InChI is InChI=1S/C19H21NO5/c1-23-15-6-8-16(9-7-15)25-13-14-4-2-10-20(12-14)19(22)18(21)17-5-3-11-24-17/h3,5-9,11,14H,2,4,10,12-13H2,1H3/t14-/m1/s1. The maximum atomic E-state index is 12.3. The summed E-state index contributed by atoms with van der Waals surface area (Å²) in [5.74, 6) is 0.714. The van der Waals surface area contributed by atoms with Crippen molar-refractivity contribution in [3.8, 4) is 11.5 Å². The molecule has 0 unspecified atom stereocenters. The fourth-order valence-corrected chi connectivity index (χ4v) is 2.93. The normalized spacial score (nSPS) is 17.2. The van der Waals surface area contributed by atoms with E-state index in [0.29, 0.717) is 19.7 Å². The monoisotopic (exact) mass is 343 g/mol.